The topological polar surface area (TPSA) is 59.2 Å². The maximum atomic E-state index is 12.6. The zero-order valence-electron chi connectivity index (χ0n) is 12.6. The second-order valence-corrected chi connectivity index (χ2v) is 4.90. The van der Waals surface area contributed by atoms with Crippen LogP contribution < -0.4 is 0 Å². The van der Waals surface area contributed by atoms with Gasteiger partial charge in [-0.3, -0.25) is 4.79 Å². The van der Waals surface area contributed by atoms with Crippen molar-refractivity contribution in [3.63, 3.8) is 0 Å². The number of hydrogen-bond donors (Lipinski definition) is 0. The molecular weight excluding hydrogens is 266 g/mol. The minimum atomic E-state index is -0.0532. The quantitative estimate of drug-likeness (QED) is 0.785. The lowest BCUT2D eigenvalue weighted by Gasteiger charge is -2.21. The van der Waals surface area contributed by atoms with E-state index in [-0.39, 0.29) is 5.91 Å². The van der Waals surface area contributed by atoms with Crippen molar-refractivity contribution in [3.8, 4) is 0 Å². The van der Waals surface area contributed by atoms with Crippen LogP contribution in [0.15, 0.2) is 35.2 Å². The second kappa shape index (κ2) is 7.57. The molecular formula is C16H21N3O2. The first-order chi connectivity index (χ1) is 10.2. The van der Waals surface area contributed by atoms with Gasteiger partial charge in [-0.1, -0.05) is 20.3 Å². The van der Waals surface area contributed by atoms with Crippen LogP contribution in [0.4, 0.5) is 0 Å². The third-order valence-electron chi connectivity index (χ3n) is 3.26. The Hall–Kier alpha value is -2.17. The predicted molar refractivity (Wildman–Crippen MR) is 79.8 cm³/mol. The van der Waals surface area contributed by atoms with Crippen molar-refractivity contribution in [2.45, 2.75) is 39.7 Å². The van der Waals surface area contributed by atoms with Gasteiger partial charge in [0.15, 0.2) is 0 Å². The molecule has 2 rings (SSSR count). The number of hydrogen-bond acceptors (Lipinski definition) is 4. The lowest BCUT2D eigenvalue weighted by atomic mass is 10.2. The lowest BCUT2D eigenvalue weighted by molar-refractivity contribution is 0.0728. The number of furan rings is 1. The summed E-state index contributed by atoms with van der Waals surface area (Å²) in [5.41, 5.74) is 0.523. The molecule has 0 spiro atoms. The van der Waals surface area contributed by atoms with Crippen molar-refractivity contribution in [3.05, 3.63) is 47.9 Å². The van der Waals surface area contributed by atoms with Gasteiger partial charge in [-0.05, 0) is 18.6 Å². The van der Waals surface area contributed by atoms with E-state index in [1.54, 1.807) is 23.6 Å². The summed E-state index contributed by atoms with van der Waals surface area (Å²) in [7, 11) is 0. The molecule has 0 aliphatic rings. The number of carbonyl (C=O) groups is 1. The highest BCUT2D eigenvalue weighted by Gasteiger charge is 2.17. The minimum absolute atomic E-state index is 0.0532. The summed E-state index contributed by atoms with van der Waals surface area (Å²) < 4.78 is 5.34. The van der Waals surface area contributed by atoms with Crippen LogP contribution >= 0.6 is 0 Å². The van der Waals surface area contributed by atoms with E-state index < -0.39 is 0 Å². The van der Waals surface area contributed by atoms with Gasteiger partial charge in [0.05, 0.1) is 18.4 Å². The van der Waals surface area contributed by atoms with Crippen molar-refractivity contribution in [1.82, 2.24) is 14.9 Å². The van der Waals surface area contributed by atoms with Gasteiger partial charge in [-0.2, -0.15) is 0 Å². The molecule has 0 unspecified atom stereocenters. The molecule has 0 aliphatic carbocycles. The average Bonchev–Trinajstić information content (AvgIpc) is 3.04. The van der Waals surface area contributed by atoms with Gasteiger partial charge in [0.25, 0.3) is 5.91 Å². The Labute approximate surface area is 125 Å². The predicted octanol–water partition coefficient (Wildman–Crippen LogP) is 3.07. The zero-order chi connectivity index (χ0) is 15.1. The second-order valence-electron chi connectivity index (χ2n) is 4.90. The smallest absolute Gasteiger partial charge is 0.257 e. The third-order valence-corrected chi connectivity index (χ3v) is 3.26. The Balaban J connectivity index is 2.11. The SMILES string of the molecule is CCCCN(Cc1ccco1)C(=O)c1cnc(CC)nc1. The van der Waals surface area contributed by atoms with Crippen molar-refractivity contribution >= 4 is 5.91 Å². The first-order valence-electron chi connectivity index (χ1n) is 7.37. The number of aromatic nitrogens is 2. The molecule has 5 heteroatoms. The normalized spacial score (nSPS) is 10.6. The molecule has 21 heavy (non-hydrogen) atoms. The summed E-state index contributed by atoms with van der Waals surface area (Å²) in [5, 5.41) is 0. The summed E-state index contributed by atoms with van der Waals surface area (Å²) in [6, 6.07) is 3.71. The molecule has 2 aromatic heterocycles. The molecule has 0 aromatic carbocycles. The Morgan fingerprint density at radius 2 is 2.05 bits per heavy atom. The molecule has 0 fully saturated rings. The van der Waals surface area contributed by atoms with Crippen LogP contribution in [0, 0.1) is 0 Å². The fourth-order valence-electron chi connectivity index (χ4n) is 2.02. The first-order valence-corrected chi connectivity index (χ1v) is 7.37. The number of carbonyl (C=O) groups excluding carboxylic acids is 1. The van der Waals surface area contributed by atoms with Crippen LogP contribution in [-0.2, 0) is 13.0 Å². The van der Waals surface area contributed by atoms with E-state index in [4.69, 9.17) is 4.42 Å². The van der Waals surface area contributed by atoms with Gasteiger partial charge in [-0.15, -0.1) is 0 Å². The summed E-state index contributed by atoms with van der Waals surface area (Å²) in [5.74, 6) is 1.48. The van der Waals surface area contributed by atoms with Crippen molar-refractivity contribution in [2.24, 2.45) is 0 Å². The van der Waals surface area contributed by atoms with Crippen LogP contribution in [0.1, 0.15) is 48.6 Å². The van der Waals surface area contributed by atoms with E-state index in [2.05, 4.69) is 16.9 Å². The van der Waals surface area contributed by atoms with Gasteiger partial charge >= 0.3 is 0 Å². The van der Waals surface area contributed by atoms with Gasteiger partial charge in [-0.25, -0.2) is 9.97 Å². The zero-order valence-corrected chi connectivity index (χ0v) is 12.6. The molecule has 5 nitrogen and oxygen atoms in total. The molecule has 0 radical (unpaired) electrons. The third kappa shape index (κ3) is 4.15. The van der Waals surface area contributed by atoms with E-state index >= 15 is 0 Å². The number of amides is 1. The lowest BCUT2D eigenvalue weighted by Crippen LogP contribution is -2.31. The molecule has 0 bridgehead atoms. The molecule has 0 aliphatic heterocycles. The van der Waals surface area contributed by atoms with Crippen molar-refractivity contribution in [1.29, 1.82) is 0 Å². The van der Waals surface area contributed by atoms with Crippen molar-refractivity contribution in [2.75, 3.05) is 6.54 Å². The number of unbranched alkanes of at least 4 members (excludes halogenated alkanes) is 1. The fraction of sp³-hybridized carbons (Fsp3) is 0.438. The Morgan fingerprint density at radius 3 is 2.62 bits per heavy atom. The Bertz CT molecular complexity index is 549. The number of nitrogens with zero attached hydrogens (tertiary/aromatic N) is 3. The molecule has 0 saturated carbocycles. The van der Waals surface area contributed by atoms with E-state index in [1.165, 1.54) is 0 Å². The molecule has 112 valence electrons. The Morgan fingerprint density at radius 1 is 1.29 bits per heavy atom. The highest BCUT2D eigenvalue weighted by Crippen LogP contribution is 2.11. The van der Waals surface area contributed by atoms with Crippen LogP contribution in [0.2, 0.25) is 0 Å². The maximum absolute atomic E-state index is 12.6. The highest BCUT2D eigenvalue weighted by atomic mass is 16.3. The van der Waals surface area contributed by atoms with Gasteiger partial charge < -0.3 is 9.32 Å². The number of rotatable bonds is 7. The molecule has 0 atom stereocenters. The average molecular weight is 287 g/mol. The monoisotopic (exact) mass is 287 g/mol. The first kappa shape index (κ1) is 15.2. The summed E-state index contributed by atoms with van der Waals surface area (Å²) >= 11 is 0. The molecule has 0 N–H and O–H groups in total. The van der Waals surface area contributed by atoms with E-state index in [0.717, 1.165) is 30.8 Å². The molecule has 1 amide bonds. The molecule has 2 heterocycles. The van der Waals surface area contributed by atoms with Crippen LogP contribution in [0.25, 0.3) is 0 Å². The van der Waals surface area contributed by atoms with Gasteiger partial charge in [0, 0.05) is 25.4 Å². The summed E-state index contributed by atoms with van der Waals surface area (Å²) in [6.45, 7) is 5.27. The minimum Gasteiger partial charge on any atom is -0.467 e. The fourth-order valence-corrected chi connectivity index (χ4v) is 2.02. The largest absolute Gasteiger partial charge is 0.467 e. The molecule has 2 aromatic rings. The van der Waals surface area contributed by atoms with Crippen LogP contribution in [-0.4, -0.2) is 27.3 Å². The maximum Gasteiger partial charge on any atom is 0.257 e. The van der Waals surface area contributed by atoms with Gasteiger partial charge in [0.2, 0.25) is 0 Å². The highest BCUT2D eigenvalue weighted by molar-refractivity contribution is 5.93. The van der Waals surface area contributed by atoms with Crippen molar-refractivity contribution < 1.29 is 9.21 Å². The standard InChI is InChI=1S/C16H21N3O2/c1-3-5-8-19(12-14-7-6-9-21-14)16(20)13-10-17-15(4-2)18-11-13/h6-7,9-11H,3-5,8,12H2,1-2H3. The van der Waals surface area contributed by atoms with Crippen LogP contribution in [0.3, 0.4) is 0 Å². The van der Waals surface area contributed by atoms with Gasteiger partial charge in [0.1, 0.15) is 11.6 Å². The summed E-state index contributed by atoms with van der Waals surface area (Å²) in [6.07, 6.45) is 7.59. The van der Waals surface area contributed by atoms with E-state index in [0.29, 0.717) is 18.7 Å². The Kier molecular flexibility index (Phi) is 5.49. The van der Waals surface area contributed by atoms with E-state index in [9.17, 15) is 4.79 Å². The molecule has 0 saturated heterocycles. The number of aryl methyl sites for hydroxylation is 1. The van der Waals surface area contributed by atoms with E-state index in [1.807, 2.05) is 19.1 Å². The summed E-state index contributed by atoms with van der Waals surface area (Å²) in [4.78, 5) is 22.8. The van der Waals surface area contributed by atoms with Crippen LogP contribution in [0.5, 0.6) is 0 Å².